The van der Waals surface area contributed by atoms with E-state index < -0.39 is 28.1 Å². The van der Waals surface area contributed by atoms with Crippen molar-refractivity contribution in [1.82, 2.24) is 0 Å². The molecule has 2 fully saturated rings. The van der Waals surface area contributed by atoms with Crippen LogP contribution in [0.15, 0.2) is 46.6 Å². The number of oxime groups is 1. The van der Waals surface area contributed by atoms with Gasteiger partial charge in [-0.15, -0.1) is 5.16 Å². The molecule has 1 saturated carbocycles. The highest BCUT2D eigenvalue weighted by Gasteiger charge is 2.81. The van der Waals surface area contributed by atoms with Gasteiger partial charge in [0.1, 0.15) is 0 Å². The number of rotatable bonds is 2. The fourth-order valence-electron chi connectivity index (χ4n) is 6.26. The Balaban J connectivity index is 1.95. The summed E-state index contributed by atoms with van der Waals surface area (Å²) in [6.07, 6.45) is 1.54. The lowest BCUT2D eigenvalue weighted by Gasteiger charge is -2.43. The van der Waals surface area contributed by atoms with Crippen molar-refractivity contribution >= 4 is 23.7 Å². The summed E-state index contributed by atoms with van der Waals surface area (Å²) in [6.45, 7) is 10.2. The van der Waals surface area contributed by atoms with Crippen LogP contribution in [0.2, 0.25) is 0 Å². The zero-order valence-electron chi connectivity index (χ0n) is 15.8. The van der Waals surface area contributed by atoms with E-state index in [1.54, 1.807) is 18.3 Å². The second-order valence-electron chi connectivity index (χ2n) is 8.40. The summed E-state index contributed by atoms with van der Waals surface area (Å²) in [7, 11) is 0. The highest BCUT2D eigenvalue weighted by atomic mass is 16.4. The van der Waals surface area contributed by atoms with E-state index in [4.69, 9.17) is 0 Å². The van der Waals surface area contributed by atoms with Gasteiger partial charge in [-0.25, -0.2) is 4.90 Å². The summed E-state index contributed by atoms with van der Waals surface area (Å²) in [5, 5.41) is 12.7. The molecule has 0 spiro atoms. The summed E-state index contributed by atoms with van der Waals surface area (Å²) in [6, 6.07) is 9.13. The zero-order valence-corrected chi connectivity index (χ0v) is 15.8. The van der Waals surface area contributed by atoms with Gasteiger partial charge in [-0.2, -0.15) is 0 Å². The van der Waals surface area contributed by atoms with Crippen molar-refractivity contribution in [2.45, 2.75) is 34.6 Å². The third-order valence-corrected chi connectivity index (χ3v) is 8.16. The fraction of sp³-hybridized carbons (Fsp3) is 0.476. The maximum atomic E-state index is 13.5. The Hall–Kier alpha value is -2.43. The smallest absolute Gasteiger partial charge is 0.238 e. The maximum Gasteiger partial charge on any atom is 0.238 e. The summed E-state index contributed by atoms with van der Waals surface area (Å²) in [5.41, 5.74) is 1.13. The molecule has 2 bridgehead atoms. The quantitative estimate of drug-likeness (QED) is 0.290. The number of benzene rings is 1. The Labute approximate surface area is 153 Å². The number of fused-ring (bicyclic) bond motifs is 5. The van der Waals surface area contributed by atoms with E-state index in [0.717, 1.165) is 11.1 Å². The van der Waals surface area contributed by atoms with E-state index in [1.165, 1.54) is 4.90 Å². The van der Waals surface area contributed by atoms with Crippen molar-refractivity contribution in [2.24, 2.45) is 33.2 Å². The van der Waals surface area contributed by atoms with Gasteiger partial charge < -0.3 is 5.21 Å². The van der Waals surface area contributed by atoms with Gasteiger partial charge in [-0.1, -0.05) is 50.1 Å². The minimum atomic E-state index is -0.605. The maximum absolute atomic E-state index is 13.5. The normalized spacial score (nSPS) is 41.7. The van der Waals surface area contributed by atoms with Crippen LogP contribution in [0.3, 0.4) is 0 Å². The summed E-state index contributed by atoms with van der Waals surface area (Å²) >= 11 is 0. The van der Waals surface area contributed by atoms with Gasteiger partial charge in [0, 0.05) is 16.2 Å². The van der Waals surface area contributed by atoms with Gasteiger partial charge >= 0.3 is 0 Å². The second kappa shape index (κ2) is 4.84. The molecule has 5 heteroatoms. The fourth-order valence-corrected chi connectivity index (χ4v) is 6.26. The van der Waals surface area contributed by atoms with E-state index >= 15 is 0 Å². The molecular weight excluding hydrogens is 328 g/mol. The first kappa shape index (κ1) is 17.0. The topological polar surface area (TPSA) is 70.0 Å². The Bertz CT molecular complexity index is 844. The number of amides is 2. The van der Waals surface area contributed by atoms with Gasteiger partial charge in [-0.05, 0) is 26.0 Å². The molecule has 5 atom stereocenters. The Morgan fingerprint density at radius 2 is 1.42 bits per heavy atom. The molecule has 1 saturated heterocycles. The summed E-state index contributed by atoms with van der Waals surface area (Å²) in [4.78, 5) is 28.3. The zero-order chi connectivity index (χ0) is 19.1. The molecule has 0 aromatic heterocycles. The molecular formula is C21H24N2O3. The van der Waals surface area contributed by atoms with E-state index in [2.05, 4.69) is 5.16 Å². The van der Waals surface area contributed by atoms with Gasteiger partial charge in [-0.3, -0.25) is 9.59 Å². The average Bonchev–Trinajstić information content (AvgIpc) is 3.01. The summed E-state index contributed by atoms with van der Waals surface area (Å²) in [5.74, 6) is -1.21. The van der Waals surface area contributed by atoms with Gasteiger partial charge in [0.2, 0.25) is 11.8 Å². The molecule has 2 aliphatic carbocycles. The van der Waals surface area contributed by atoms with Crippen LogP contribution in [0.1, 0.15) is 34.6 Å². The first-order valence-corrected chi connectivity index (χ1v) is 8.97. The first-order valence-electron chi connectivity index (χ1n) is 8.97. The highest BCUT2D eigenvalue weighted by molar-refractivity contribution is 6.24. The SMILES string of the molecule is CC1=C(C)[C@]2(C)[C@H]3C(=O)N(c4ccccc4)C(=O)[C@H]3[C@@]1(C)C2(C)/C=N/O. The number of hydrogen-bond donors (Lipinski definition) is 1. The molecule has 1 aliphatic heterocycles. The molecule has 1 heterocycles. The number of carbonyl (C=O) groups is 2. The van der Waals surface area contributed by atoms with E-state index in [9.17, 15) is 14.8 Å². The second-order valence-corrected chi connectivity index (χ2v) is 8.40. The Kier molecular flexibility index (Phi) is 3.17. The van der Waals surface area contributed by atoms with Crippen LogP contribution in [0.25, 0.3) is 0 Å². The van der Waals surface area contributed by atoms with Gasteiger partial charge in [0.15, 0.2) is 0 Å². The molecule has 3 aliphatic rings. The number of carbonyl (C=O) groups excluding carboxylic acids is 2. The van der Waals surface area contributed by atoms with Crippen molar-refractivity contribution in [2.75, 3.05) is 4.90 Å². The highest BCUT2D eigenvalue weighted by Crippen LogP contribution is 2.79. The molecule has 1 aromatic rings. The molecule has 136 valence electrons. The van der Waals surface area contributed by atoms with Crippen LogP contribution >= 0.6 is 0 Å². The lowest BCUT2D eigenvalue weighted by Crippen LogP contribution is -2.47. The third kappa shape index (κ3) is 1.44. The van der Waals surface area contributed by atoms with Crippen LogP contribution < -0.4 is 4.90 Å². The van der Waals surface area contributed by atoms with E-state index in [1.807, 2.05) is 52.8 Å². The predicted molar refractivity (Wildman–Crippen MR) is 98.9 cm³/mol. The molecule has 26 heavy (non-hydrogen) atoms. The number of allylic oxidation sites excluding steroid dienone is 2. The average molecular weight is 352 g/mol. The molecule has 0 radical (unpaired) electrons. The van der Waals surface area contributed by atoms with Crippen LogP contribution in [0, 0.1) is 28.1 Å². The van der Waals surface area contributed by atoms with Crippen molar-refractivity contribution in [1.29, 1.82) is 0 Å². The predicted octanol–water partition coefficient (Wildman–Crippen LogP) is 3.63. The Morgan fingerprint density at radius 1 is 0.962 bits per heavy atom. The van der Waals surface area contributed by atoms with Crippen LogP contribution in [0.4, 0.5) is 5.69 Å². The lowest BCUT2D eigenvalue weighted by atomic mass is 9.60. The molecule has 1 aromatic carbocycles. The minimum Gasteiger partial charge on any atom is -0.411 e. The van der Waals surface area contributed by atoms with Crippen molar-refractivity contribution in [3.05, 3.63) is 41.5 Å². The molecule has 4 rings (SSSR count). The largest absolute Gasteiger partial charge is 0.411 e. The van der Waals surface area contributed by atoms with Gasteiger partial charge in [0.05, 0.1) is 23.7 Å². The standard InChI is InChI=1S/C21H24N2O3/c1-12-13(2)21(5)16-15(20(12,4)19(21,3)11-22-26)17(24)23(18(16)25)14-9-7-6-8-10-14/h6-11,15-16,26H,1-5H3/b22-11+/t15-,16+,19?,20-,21+. The van der Waals surface area contributed by atoms with Crippen molar-refractivity contribution < 1.29 is 14.8 Å². The lowest BCUT2D eigenvalue weighted by molar-refractivity contribution is -0.125. The summed E-state index contributed by atoms with van der Waals surface area (Å²) < 4.78 is 0. The van der Waals surface area contributed by atoms with Crippen molar-refractivity contribution in [3.8, 4) is 0 Å². The number of hydrogen-bond acceptors (Lipinski definition) is 4. The Morgan fingerprint density at radius 3 is 1.85 bits per heavy atom. The van der Waals surface area contributed by atoms with Crippen molar-refractivity contribution in [3.63, 3.8) is 0 Å². The first-order chi connectivity index (χ1) is 12.2. The monoisotopic (exact) mass is 352 g/mol. The van der Waals surface area contributed by atoms with Crippen LogP contribution in [-0.2, 0) is 9.59 Å². The van der Waals surface area contributed by atoms with Crippen LogP contribution in [-0.4, -0.2) is 23.2 Å². The van der Waals surface area contributed by atoms with E-state index in [0.29, 0.717) is 5.69 Å². The molecule has 5 nitrogen and oxygen atoms in total. The van der Waals surface area contributed by atoms with Gasteiger partial charge in [0.25, 0.3) is 0 Å². The number of para-hydroxylation sites is 1. The van der Waals surface area contributed by atoms with E-state index in [-0.39, 0.29) is 11.8 Å². The van der Waals surface area contributed by atoms with Crippen LogP contribution in [0.5, 0.6) is 0 Å². The number of nitrogens with zero attached hydrogens (tertiary/aromatic N) is 2. The number of imide groups is 1. The number of anilines is 1. The third-order valence-electron chi connectivity index (χ3n) is 8.16. The molecule has 1 unspecified atom stereocenters. The minimum absolute atomic E-state index is 0.151. The molecule has 1 N–H and O–H groups in total. The molecule has 2 amide bonds.